The molecule has 0 saturated heterocycles. The lowest BCUT2D eigenvalue weighted by atomic mass is 10.1. The Morgan fingerprint density at radius 3 is 2.68 bits per heavy atom. The van der Waals surface area contributed by atoms with Gasteiger partial charge in [0.2, 0.25) is 0 Å². The van der Waals surface area contributed by atoms with Crippen molar-refractivity contribution in [2.75, 3.05) is 5.32 Å². The van der Waals surface area contributed by atoms with Crippen LogP contribution >= 0.6 is 15.9 Å². The van der Waals surface area contributed by atoms with Crippen LogP contribution in [0.5, 0.6) is 5.75 Å². The number of carbonyl (C=O) groups is 1. The predicted molar refractivity (Wildman–Crippen MR) is 74.9 cm³/mol. The second-order valence-corrected chi connectivity index (χ2v) is 4.93. The fraction of sp³-hybridized carbons (Fsp3) is 0.0714. The van der Waals surface area contributed by atoms with Crippen LogP contribution in [0, 0.1) is 12.7 Å². The molecule has 3 nitrogen and oxygen atoms in total. The summed E-state index contributed by atoms with van der Waals surface area (Å²) in [4.78, 5) is 11.9. The largest absolute Gasteiger partial charge is 0.507 e. The van der Waals surface area contributed by atoms with E-state index in [-0.39, 0.29) is 11.3 Å². The molecule has 1 amide bonds. The van der Waals surface area contributed by atoms with Crippen LogP contribution in [0.1, 0.15) is 15.9 Å². The van der Waals surface area contributed by atoms with Crippen molar-refractivity contribution < 1.29 is 14.3 Å². The third-order valence-electron chi connectivity index (χ3n) is 2.62. The molecule has 0 atom stereocenters. The first-order valence-electron chi connectivity index (χ1n) is 5.53. The maximum Gasteiger partial charge on any atom is 0.259 e. The number of phenolic OH excluding ortho intramolecular Hbond substituents is 1. The summed E-state index contributed by atoms with van der Waals surface area (Å²) in [6.07, 6.45) is 0. The molecule has 0 saturated carbocycles. The Balaban J connectivity index is 2.25. The monoisotopic (exact) mass is 323 g/mol. The van der Waals surface area contributed by atoms with Gasteiger partial charge < -0.3 is 10.4 Å². The summed E-state index contributed by atoms with van der Waals surface area (Å²) >= 11 is 3.36. The number of nitrogens with one attached hydrogen (secondary N) is 1. The molecule has 0 spiro atoms. The van der Waals surface area contributed by atoms with Gasteiger partial charge in [-0.3, -0.25) is 4.79 Å². The minimum absolute atomic E-state index is 0.0967. The molecule has 0 aromatic heterocycles. The van der Waals surface area contributed by atoms with Gasteiger partial charge in [0, 0.05) is 10.2 Å². The highest BCUT2D eigenvalue weighted by Gasteiger charge is 2.12. The number of rotatable bonds is 2. The number of carbonyl (C=O) groups excluding carboxylic acids is 1. The summed E-state index contributed by atoms with van der Waals surface area (Å²) in [6.45, 7) is 1.89. The van der Waals surface area contributed by atoms with Crippen molar-refractivity contribution in [3.05, 3.63) is 57.8 Å². The van der Waals surface area contributed by atoms with Crippen molar-refractivity contribution in [3.63, 3.8) is 0 Å². The summed E-state index contributed by atoms with van der Waals surface area (Å²) in [5.74, 6) is -1.39. The molecule has 0 bridgehead atoms. The number of halogens is 2. The number of aromatic hydroxyl groups is 1. The number of benzene rings is 2. The Morgan fingerprint density at radius 1 is 1.26 bits per heavy atom. The molecule has 2 rings (SSSR count). The van der Waals surface area contributed by atoms with Gasteiger partial charge in [0.05, 0.1) is 5.56 Å². The first-order valence-corrected chi connectivity index (χ1v) is 6.32. The Hall–Kier alpha value is -1.88. The molecular formula is C14H11BrFNO2. The summed E-state index contributed by atoms with van der Waals surface area (Å²) in [7, 11) is 0. The summed E-state index contributed by atoms with van der Waals surface area (Å²) in [5.41, 5.74) is 1.44. The van der Waals surface area contributed by atoms with Gasteiger partial charge in [-0.1, -0.05) is 15.9 Å². The standard InChI is InChI=1S/C14H11BrFNO2/c1-8-6-10(3-4-12(8)15)17-14(19)11-7-9(16)2-5-13(11)18/h2-7,18H,1H3,(H,17,19). The highest BCUT2D eigenvalue weighted by Crippen LogP contribution is 2.22. The molecule has 2 N–H and O–H groups in total. The number of hydrogen-bond acceptors (Lipinski definition) is 2. The highest BCUT2D eigenvalue weighted by atomic mass is 79.9. The van der Waals surface area contributed by atoms with E-state index >= 15 is 0 Å². The van der Waals surface area contributed by atoms with E-state index in [1.807, 2.05) is 6.92 Å². The number of hydrogen-bond donors (Lipinski definition) is 2. The van der Waals surface area contributed by atoms with E-state index < -0.39 is 11.7 Å². The Kier molecular flexibility index (Phi) is 3.85. The van der Waals surface area contributed by atoms with Crippen molar-refractivity contribution in [2.24, 2.45) is 0 Å². The third kappa shape index (κ3) is 3.12. The van der Waals surface area contributed by atoms with Crippen LogP contribution in [0.4, 0.5) is 10.1 Å². The van der Waals surface area contributed by atoms with Crippen LogP contribution in [0.3, 0.4) is 0 Å². The first-order chi connectivity index (χ1) is 8.97. The topological polar surface area (TPSA) is 49.3 Å². The zero-order valence-electron chi connectivity index (χ0n) is 10.1. The quantitative estimate of drug-likeness (QED) is 0.881. The predicted octanol–water partition coefficient (Wildman–Crippen LogP) is 3.85. The van der Waals surface area contributed by atoms with Crippen LogP contribution in [-0.4, -0.2) is 11.0 Å². The average molecular weight is 324 g/mol. The number of amides is 1. The van der Waals surface area contributed by atoms with Gasteiger partial charge in [-0.15, -0.1) is 0 Å². The van der Waals surface area contributed by atoms with Crippen molar-refractivity contribution in [1.82, 2.24) is 0 Å². The van der Waals surface area contributed by atoms with E-state index in [4.69, 9.17) is 0 Å². The van der Waals surface area contributed by atoms with Gasteiger partial charge in [-0.25, -0.2) is 4.39 Å². The van der Waals surface area contributed by atoms with Gasteiger partial charge in [0.25, 0.3) is 5.91 Å². The van der Waals surface area contributed by atoms with E-state index in [1.165, 1.54) is 0 Å². The minimum atomic E-state index is -0.574. The summed E-state index contributed by atoms with van der Waals surface area (Å²) in [6, 6.07) is 8.53. The zero-order chi connectivity index (χ0) is 14.0. The van der Waals surface area contributed by atoms with Gasteiger partial charge in [-0.05, 0) is 48.9 Å². The number of anilines is 1. The van der Waals surface area contributed by atoms with E-state index in [0.29, 0.717) is 5.69 Å². The molecule has 0 aliphatic rings. The van der Waals surface area contributed by atoms with Gasteiger partial charge in [-0.2, -0.15) is 0 Å². The summed E-state index contributed by atoms with van der Waals surface area (Å²) in [5, 5.41) is 12.2. The lowest BCUT2D eigenvalue weighted by Gasteiger charge is -2.08. The van der Waals surface area contributed by atoms with Gasteiger partial charge >= 0.3 is 0 Å². The Bertz CT molecular complexity index is 643. The van der Waals surface area contributed by atoms with Crippen molar-refractivity contribution in [1.29, 1.82) is 0 Å². The SMILES string of the molecule is Cc1cc(NC(=O)c2cc(F)ccc2O)ccc1Br. The van der Waals surface area contributed by atoms with Crippen LogP contribution in [0.25, 0.3) is 0 Å². The molecule has 19 heavy (non-hydrogen) atoms. The van der Waals surface area contributed by atoms with Crippen LogP contribution < -0.4 is 5.32 Å². The molecule has 98 valence electrons. The van der Waals surface area contributed by atoms with Gasteiger partial charge in [0.15, 0.2) is 0 Å². The molecule has 2 aromatic rings. The van der Waals surface area contributed by atoms with E-state index in [2.05, 4.69) is 21.2 Å². The van der Waals surface area contributed by atoms with Crippen molar-refractivity contribution >= 4 is 27.5 Å². The third-order valence-corrected chi connectivity index (χ3v) is 3.51. The molecule has 0 aliphatic carbocycles. The molecule has 0 aliphatic heterocycles. The second kappa shape index (κ2) is 5.40. The lowest BCUT2D eigenvalue weighted by Crippen LogP contribution is -2.12. The van der Waals surface area contributed by atoms with Crippen LogP contribution in [0.2, 0.25) is 0 Å². The molecule has 2 aromatic carbocycles. The smallest absolute Gasteiger partial charge is 0.259 e. The number of aryl methyl sites for hydroxylation is 1. The molecule has 5 heteroatoms. The molecule has 0 radical (unpaired) electrons. The fourth-order valence-corrected chi connectivity index (χ4v) is 1.86. The Morgan fingerprint density at radius 2 is 2.00 bits per heavy atom. The van der Waals surface area contributed by atoms with Crippen molar-refractivity contribution in [3.8, 4) is 5.75 Å². The second-order valence-electron chi connectivity index (χ2n) is 4.08. The zero-order valence-corrected chi connectivity index (χ0v) is 11.7. The summed E-state index contributed by atoms with van der Waals surface area (Å²) < 4.78 is 14.0. The van der Waals surface area contributed by atoms with E-state index in [9.17, 15) is 14.3 Å². The lowest BCUT2D eigenvalue weighted by molar-refractivity contribution is 0.102. The van der Waals surface area contributed by atoms with Crippen molar-refractivity contribution in [2.45, 2.75) is 6.92 Å². The number of phenols is 1. The normalized spacial score (nSPS) is 10.3. The molecule has 0 fully saturated rings. The average Bonchev–Trinajstić information content (AvgIpc) is 2.36. The molecular weight excluding hydrogens is 313 g/mol. The molecule has 0 heterocycles. The molecule has 0 unspecified atom stereocenters. The van der Waals surface area contributed by atoms with Crippen LogP contribution in [-0.2, 0) is 0 Å². The Labute approximate surface area is 118 Å². The van der Waals surface area contributed by atoms with E-state index in [0.717, 1.165) is 28.2 Å². The highest BCUT2D eigenvalue weighted by molar-refractivity contribution is 9.10. The van der Waals surface area contributed by atoms with E-state index in [1.54, 1.807) is 18.2 Å². The first kappa shape index (κ1) is 13.5. The fourth-order valence-electron chi connectivity index (χ4n) is 1.61. The minimum Gasteiger partial charge on any atom is -0.507 e. The van der Waals surface area contributed by atoms with Crippen LogP contribution in [0.15, 0.2) is 40.9 Å². The maximum atomic E-state index is 13.1. The van der Waals surface area contributed by atoms with Gasteiger partial charge in [0.1, 0.15) is 11.6 Å². The maximum absolute atomic E-state index is 13.1.